The number of nitrogens with two attached hydrogens (primary N) is 1. The summed E-state index contributed by atoms with van der Waals surface area (Å²) in [5, 5.41) is 4.19. The fourth-order valence-corrected chi connectivity index (χ4v) is 1.95. The van der Waals surface area contributed by atoms with Crippen molar-refractivity contribution in [2.24, 2.45) is 11.7 Å². The number of ether oxygens (including phenoxy) is 1. The predicted molar refractivity (Wildman–Crippen MR) is 92.0 cm³/mol. The number of carbonyl (C=O) groups excluding carboxylic acids is 4. The number of allylic oxidation sites excluding steroid dienone is 1. The number of ketones is 1. The van der Waals surface area contributed by atoms with Crippen molar-refractivity contribution in [3.05, 3.63) is 42.1 Å². The molecule has 11 heteroatoms. The summed E-state index contributed by atoms with van der Waals surface area (Å²) in [4.78, 5) is 46.0. The maximum absolute atomic E-state index is 12.4. The van der Waals surface area contributed by atoms with Gasteiger partial charge in [0.25, 0.3) is 11.7 Å². The number of anilines is 1. The van der Waals surface area contributed by atoms with Gasteiger partial charge in [0.15, 0.2) is 6.10 Å². The van der Waals surface area contributed by atoms with Crippen LogP contribution >= 0.6 is 0 Å². The maximum atomic E-state index is 12.4. The Bertz CT molecular complexity index is 790. The van der Waals surface area contributed by atoms with Gasteiger partial charge in [-0.3, -0.25) is 14.9 Å². The average molecular weight is 401 g/mol. The van der Waals surface area contributed by atoms with E-state index in [0.29, 0.717) is 0 Å². The molecule has 0 heterocycles. The lowest BCUT2D eigenvalue weighted by molar-refractivity contribution is -0.165. The molecule has 0 radical (unpaired) electrons. The number of amides is 3. The van der Waals surface area contributed by atoms with E-state index in [4.69, 9.17) is 10.5 Å². The number of para-hydroxylation sites is 1. The Morgan fingerprint density at radius 3 is 2.29 bits per heavy atom. The molecule has 28 heavy (non-hydrogen) atoms. The summed E-state index contributed by atoms with van der Waals surface area (Å²) in [5.41, 5.74) is 4.80. The van der Waals surface area contributed by atoms with Gasteiger partial charge in [-0.2, -0.15) is 13.2 Å². The first-order valence-corrected chi connectivity index (χ1v) is 7.88. The van der Waals surface area contributed by atoms with E-state index in [1.54, 1.807) is 13.8 Å². The van der Waals surface area contributed by atoms with Crippen molar-refractivity contribution >= 4 is 29.4 Å². The Morgan fingerprint density at radius 1 is 1.14 bits per heavy atom. The Balaban J connectivity index is 2.97. The molecule has 0 bridgehead atoms. The first kappa shape index (κ1) is 22.7. The molecule has 0 aliphatic heterocycles. The third-order valence-corrected chi connectivity index (χ3v) is 3.24. The summed E-state index contributed by atoms with van der Waals surface area (Å²) < 4.78 is 41.7. The second-order valence-electron chi connectivity index (χ2n) is 5.81. The number of urea groups is 1. The van der Waals surface area contributed by atoms with Crippen LogP contribution in [0.15, 0.2) is 36.5 Å². The first-order valence-electron chi connectivity index (χ1n) is 7.88. The van der Waals surface area contributed by atoms with Crippen LogP contribution in [0.4, 0.5) is 23.7 Å². The van der Waals surface area contributed by atoms with Crippen molar-refractivity contribution in [1.82, 2.24) is 5.32 Å². The highest BCUT2D eigenvalue weighted by Gasteiger charge is 2.36. The van der Waals surface area contributed by atoms with E-state index in [-0.39, 0.29) is 17.3 Å². The molecule has 0 fully saturated rings. The van der Waals surface area contributed by atoms with Gasteiger partial charge < -0.3 is 15.8 Å². The monoisotopic (exact) mass is 401 g/mol. The molecule has 1 atom stereocenters. The van der Waals surface area contributed by atoms with Gasteiger partial charge in [0, 0.05) is 12.3 Å². The summed E-state index contributed by atoms with van der Waals surface area (Å²) in [5.74, 6) is -4.48. The molecule has 1 aromatic carbocycles. The van der Waals surface area contributed by atoms with Crippen molar-refractivity contribution in [3.63, 3.8) is 0 Å². The Labute approximate surface area is 157 Å². The second kappa shape index (κ2) is 9.53. The molecule has 0 spiro atoms. The second-order valence-corrected chi connectivity index (χ2v) is 5.81. The molecule has 3 amide bonds. The zero-order valence-electron chi connectivity index (χ0n) is 14.9. The number of halogens is 3. The molecule has 1 aromatic rings. The van der Waals surface area contributed by atoms with Gasteiger partial charge in [-0.15, -0.1) is 0 Å². The Kier molecular flexibility index (Phi) is 7.72. The number of esters is 1. The third kappa shape index (κ3) is 6.74. The zero-order valence-corrected chi connectivity index (χ0v) is 14.9. The maximum Gasteiger partial charge on any atom is 0.454 e. The highest BCUT2D eigenvalue weighted by Crippen LogP contribution is 2.20. The average Bonchev–Trinajstić information content (AvgIpc) is 2.57. The molecular formula is C17H18F3N3O5. The minimum atomic E-state index is -5.02. The van der Waals surface area contributed by atoms with Crippen molar-refractivity contribution in [3.8, 4) is 0 Å². The minimum absolute atomic E-state index is 0.0385. The number of alkyl halides is 3. The summed E-state index contributed by atoms with van der Waals surface area (Å²) in [6.45, 7) is 3.13. The molecule has 152 valence electrons. The molecular weight excluding hydrogens is 383 g/mol. The van der Waals surface area contributed by atoms with Crippen LogP contribution in [0.5, 0.6) is 0 Å². The van der Waals surface area contributed by atoms with Crippen LogP contribution in [0, 0.1) is 5.92 Å². The fourth-order valence-electron chi connectivity index (χ4n) is 1.95. The van der Waals surface area contributed by atoms with Crippen LogP contribution in [-0.2, 0) is 14.3 Å². The van der Waals surface area contributed by atoms with E-state index in [2.05, 4.69) is 5.32 Å². The summed E-state index contributed by atoms with van der Waals surface area (Å²) in [7, 11) is 0. The number of primary amides is 1. The van der Waals surface area contributed by atoms with Gasteiger partial charge in [-0.05, 0) is 18.1 Å². The number of imide groups is 1. The molecule has 0 saturated heterocycles. The number of rotatable bonds is 7. The molecule has 0 aromatic heterocycles. The summed E-state index contributed by atoms with van der Waals surface area (Å²) >= 11 is 0. The number of carbonyl (C=O) groups is 4. The van der Waals surface area contributed by atoms with Crippen LogP contribution < -0.4 is 16.4 Å². The quantitative estimate of drug-likeness (QED) is 0.474. The molecule has 0 aliphatic carbocycles. The van der Waals surface area contributed by atoms with Crippen LogP contribution in [0.2, 0.25) is 0 Å². The van der Waals surface area contributed by atoms with E-state index in [0.717, 1.165) is 6.20 Å². The van der Waals surface area contributed by atoms with Crippen LogP contribution in [-0.4, -0.2) is 36.0 Å². The van der Waals surface area contributed by atoms with E-state index in [1.807, 2.05) is 5.32 Å². The van der Waals surface area contributed by atoms with Gasteiger partial charge in [-0.25, -0.2) is 9.59 Å². The van der Waals surface area contributed by atoms with Crippen LogP contribution in [0.25, 0.3) is 0 Å². The standard InChI is InChI=1S/C17H18F3N3O5/c1-9(2)13(14(25)23-16(21)27)28-15(26)10-5-3-4-6-11(10)22-8-7-12(24)17(18,19)20/h3-9,13,22H,1-2H3,(H3,21,23,25,27)/b8-7+/t13-/m0/s1. The summed E-state index contributed by atoms with van der Waals surface area (Å²) in [6.07, 6.45) is -5.37. The van der Waals surface area contributed by atoms with Crippen molar-refractivity contribution < 1.29 is 37.1 Å². The lowest BCUT2D eigenvalue weighted by Crippen LogP contribution is -2.45. The Hall–Kier alpha value is -3.37. The number of nitrogens with one attached hydrogen (secondary N) is 2. The topological polar surface area (TPSA) is 128 Å². The zero-order chi connectivity index (χ0) is 21.5. The van der Waals surface area contributed by atoms with Crippen molar-refractivity contribution in [2.45, 2.75) is 26.1 Å². The van der Waals surface area contributed by atoms with Crippen LogP contribution in [0.3, 0.4) is 0 Å². The van der Waals surface area contributed by atoms with Crippen molar-refractivity contribution in [1.29, 1.82) is 0 Å². The molecule has 0 unspecified atom stereocenters. The van der Waals surface area contributed by atoms with Gasteiger partial charge in [0.1, 0.15) is 0 Å². The number of hydrogen-bond acceptors (Lipinski definition) is 6. The summed E-state index contributed by atoms with van der Waals surface area (Å²) in [6, 6.07) is 4.48. The smallest absolute Gasteiger partial charge is 0.448 e. The lowest BCUT2D eigenvalue weighted by atomic mass is 10.1. The predicted octanol–water partition coefficient (Wildman–Crippen LogP) is 2.12. The van der Waals surface area contributed by atoms with Gasteiger partial charge >= 0.3 is 18.2 Å². The highest BCUT2D eigenvalue weighted by molar-refractivity contribution is 6.00. The molecule has 4 N–H and O–H groups in total. The van der Waals surface area contributed by atoms with E-state index in [1.165, 1.54) is 24.3 Å². The Morgan fingerprint density at radius 2 is 1.75 bits per heavy atom. The molecule has 1 rings (SSSR count). The van der Waals surface area contributed by atoms with Crippen molar-refractivity contribution in [2.75, 3.05) is 5.32 Å². The number of benzene rings is 1. The lowest BCUT2D eigenvalue weighted by Gasteiger charge is -2.20. The van der Waals surface area contributed by atoms with Gasteiger partial charge in [0.05, 0.1) is 11.3 Å². The SMILES string of the molecule is CC(C)[C@H](OC(=O)c1ccccc1N/C=C/C(=O)C(F)(F)F)C(=O)NC(N)=O. The molecule has 8 nitrogen and oxygen atoms in total. The highest BCUT2D eigenvalue weighted by atomic mass is 19.4. The van der Waals surface area contributed by atoms with E-state index < -0.39 is 41.9 Å². The largest absolute Gasteiger partial charge is 0.454 e. The molecule has 0 saturated carbocycles. The fraction of sp³-hybridized carbons (Fsp3) is 0.294. The van der Waals surface area contributed by atoms with Crippen LogP contribution in [0.1, 0.15) is 24.2 Å². The molecule has 0 aliphatic rings. The minimum Gasteiger partial charge on any atom is -0.448 e. The number of hydrogen-bond donors (Lipinski definition) is 3. The van der Waals surface area contributed by atoms with Gasteiger partial charge in [-0.1, -0.05) is 26.0 Å². The third-order valence-electron chi connectivity index (χ3n) is 3.24. The first-order chi connectivity index (χ1) is 12.9. The normalized spacial score (nSPS) is 12.5. The van der Waals surface area contributed by atoms with Gasteiger partial charge in [0.2, 0.25) is 0 Å². The van der Waals surface area contributed by atoms with E-state index in [9.17, 15) is 32.3 Å². The van der Waals surface area contributed by atoms with E-state index >= 15 is 0 Å².